The van der Waals surface area contributed by atoms with E-state index in [2.05, 4.69) is 5.32 Å². The number of piperidine rings is 1. The lowest BCUT2D eigenvalue weighted by Gasteiger charge is -2.26. The molecule has 1 aliphatic heterocycles. The number of hydrogen-bond donors (Lipinski definition) is 1. The largest absolute Gasteiger partial charge is 0.322 e. The zero-order valence-corrected chi connectivity index (χ0v) is 17.2. The minimum atomic E-state index is -3.62. The topological polar surface area (TPSA) is 66.5 Å². The molecule has 0 saturated carbocycles. The van der Waals surface area contributed by atoms with Crippen LogP contribution in [0.25, 0.3) is 0 Å². The number of carbonyl (C=O) groups excluding carboxylic acids is 1. The van der Waals surface area contributed by atoms with E-state index in [1.807, 2.05) is 0 Å². The number of nitrogens with zero attached hydrogens (tertiary/aromatic N) is 1. The Labute approximate surface area is 169 Å². The van der Waals surface area contributed by atoms with Crippen LogP contribution in [0.2, 0.25) is 10.0 Å². The van der Waals surface area contributed by atoms with Gasteiger partial charge >= 0.3 is 0 Å². The van der Waals surface area contributed by atoms with Crippen molar-refractivity contribution in [2.75, 3.05) is 18.4 Å². The van der Waals surface area contributed by atoms with Gasteiger partial charge in [0.25, 0.3) is 5.91 Å². The molecule has 1 amide bonds. The normalized spacial score (nSPS) is 15.5. The first-order chi connectivity index (χ1) is 12.8. The number of nitrogens with one attached hydrogen (secondary N) is 1. The lowest BCUT2D eigenvalue weighted by atomic mass is 10.1. The van der Waals surface area contributed by atoms with Crippen LogP contribution in [0.3, 0.4) is 0 Å². The molecule has 144 valence electrons. The summed E-state index contributed by atoms with van der Waals surface area (Å²) in [6.45, 7) is 2.76. The van der Waals surface area contributed by atoms with Gasteiger partial charge in [0.1, 0.15) is 0 Å². The maximum absolute atomic E-state index is 13.0. The van der Waals surface area contributed by atoms with Gasteiger partial charge in [-0.2, -0.15) is 4.31 Å². The molecule has 0 spiro atoms. The van der Waals surface area contributed by atoms with Gasteiger partial charge in [0.15, 0.2) is 0 Å². The molecule has 0 bridgehead atoms. The average Bonchev–Trinajstić information content (AvgIpc) is 2.61. The maximum atomic E-state index is 13.0. The van der Waals surface area contributed by atoms with Crippen molar-refractivity contribution in [2.45, 2.75) is 31.1 Å². The predicted molar refractivity (Wildman–Crippen MR) is 108 cm³/mol. The number of rotatable bonds is 4. The number of sulfonamides is 1. The Bertz CT molecular complexity index is 951. The summed E-state index contributed by atoms with van der Waals surface area (Å²) in [7, 11) is -3.62. The van der Waals surface area contributed by atoms with Crippen molar-refractivity contribution in [3.8, 4) is 0 Å². The Balaban J connectivity index is 1.89. The van der Waals surface area contributed by atoms with Crippen LogP contribution < -0.4 is 5.32 Å². The molecular formula is C19H20Cl2N2O3S. The minimum absolute atomic E-state index is 0.168. The van der Waals surface area contributed by atoms with Crippen LogP contribution in [-0.4, -0.2) is 31.7 Å². The summed E-state index contributed by atoms with van der Waals surface area (Å²) in [5.41, 5.74) is 1.31. The molecular weight excluding hydrogens is 407 g/mol. The Morgan fingerprint density at radius 3 is 2.26 bits per heavy atom. The zero-order chi connectivity index (χ0) is 19.6. The highest BCUT2D eigenvalue weighted by Gasteiger charge is 2.28. The lowest BCUT2D eigenvalue weighted by molar-refractivity contribution is 0.102. The van der Waals surface area contributed by atoms with Gasteiger partial charge in [-0.3, -0.25) is 4.79 Å². The number of amides is 1. The van der Waals surface area contributed by atoms with E-state index in [9.17, 15) is 13.2 Å². The van der Waals surface area contributed by atoms with Crippen molar-refractivity contribution in [1.29, 1.82) is 0 Å². The molecule has 1 N–H and O–H groups in total. The van der Waals surface area contributed by atoms with Crippen molar-refractivity contribution in [3.05, 3.63) is 57.6 Å². The molecule has 1 saturated heterocycles. The zero-order valence-electron chi connectivity index (χ0n) is 14.8. The first kappa shape index (κ1) is 20.1. The molecule has 1 heterocycles. The van der Waals surface area contributed by atoms with Crippen LogP contribution in [0, 0.1) is 6.92 Å². The Kier molecular flexibility index (Phi) is 6.11. The van der Waals surface area contributed by atoms with Crippen LogP contribution in [0.4, 0.5) is 5.69 Å². The first-order valence-electron chi connectivity index (χ1n) is 8.65. The Morgan fingerprint density at radius 2 is 1.63 bits per heavy atom. The van der Waals surface area contributed by atoms with Crippen molar-refractivity contribution in [2.24, 2.45) is 0 Å². The third kappa shape index (κ3) is 4.63. The van der Waals surface area contributed by atoms with Crippen LogP contribution >= 0.6 is 23.2 Å². The van der Waals surface area contributed by atoms with Gasteiger partial charge in [-0.05, 0) is 55.7 Å². The molecule has 3 rings (SSSR count). The average molecular weight is 427 g/mol. The number of anilines is 1. The highest BCUT2D eigenvalue weighted by atomic mass is 35.5. The van der Waals surface area contributed by atoms with E-state index in [4.69, 9.17) is 23.2 Å². The van der Waals surface area contributed by atoms with E-state index >= 15 is 0 Å². The van der Waals surface area contributed by atoms with Crippen molar-refractivity contribution < 1.29 is 13.2 Å². The van der Waals surface area contributed by atoms with E-state index in [1.165, 1.54) is 10.4 Å². The third-order valence-corrected chi connectivity index (χ3v) is 6.98. The number of carbonyl (C=O) groups is 1. The van der Waals surface area contributed by atoms with Crippen molar-refractivity contribution in [3.63, 3.8) is 0 Å². The summed E-state index contributed by atoms with van der Waals surface area (Å²) in [4.78, 5) is 12.8. The molecule has 27 heavy (non-hydrogen) atoms. The number of halogens is 2. The second-order valence-corrected chi connectivity index (χ2v) is 9.34. The fourth-order valence-electron chi connectivity index (χ4n) is 3.09. The fraction of sp³-hybridized carbons (Fsp3) is 0.316. The van der Waals surface area contributed by atoms with E-state index in [0.717, 1.165) is 19.3 Å². The van der Waals surface area contributed by atoms with Crippen molar-refractivity contribution in [1.82, 2.24) is 4.31 Å². The van der Waals surface area contributed by atoms with E-state index in [0.29, 0.717) is 34.4 Å². The third-order valence-electron chi connectivity index (χ3n) is 4.50. The lowest BCUT2D eigenvalue weighted by Crippen LogP contribution is -2.36. The monoisotopic (exact) mass is 426 g/mol. The van der Waals surface area contributed by atoms with Gasteiger partial charge < -0.3 is 5.32 Å². The van der Waals surface area contributed by atoms with E-state index in [-0.39, 0.29) is 10.5 Å². The maximum Gasteiger partial charge on any atom is 0.255 e. The Hall–Kier alpha value is -1.60. The first-order valence-corrected chi connectivity index (χ1v) is 10.9. The second kappa shape index (κ2) is 8.19. The van der Waals surface area contributed by atoms with Crippen LogP contribution in [-0.2, 0) is 10.0 Å². The molecule has 0 aliphatic carbocycles. The number of benzene rings is 2. The molecule has 5 nitrogen and oxygen atoms in total. The van der Waals surface area contributed by atoms with Gasteiger partial charge in [0, 0.05) is 34.4 Å². The Morgan fingerprint density at radius 1 is 1.00 bits per heavy atom. The highest BCUT2D eigenvalue weighted by Crippen LogP contribution is 2.26. The summed E-state index contributed by atoms with van der Waals surface area (Å²) in [6, 6.07) is 9.40. The van der Waals surface area contributed by atoms with Crippen LogP contribution in [0.1, 0.15) is 35.2 Å². The number of hydrogen-bond acceptors (Lipinski definition) is 3. The summed E-state index contributed by atoms with van der Waals surface area (Å²) in [6.07, 6.45) is 2.75. The summed E-state index contributed by atoms with van der Waals surface area (Å²) in [5, 5.41) is 3.50. The molecule has 0 unspecified atom stereocenters. The van der Waals surface area contributed by atoms with Gasteiger partial charge in [-0.1, -0.05) is 35.7 Å². The molecule has 0 atom stereocenters. The minimum Gasteiger partial charge on any atom is -0.322 e. The molecule has 1 fully saturated rings. The van der Waals surface area contributed by atoms with Gasteiger partial charge in [0.2, 0.25) is 10.0 Å². The molecule has 1 aliphatic rings. The summed E-state index contributed by atoms with van der Waals surface area (Å²) < 4.78 is 27.5. The standard InChI is InChI=1S/C19H20Cl2N2O3S/c1-13-5-6-14(19(24)22-17-11-15(20)10-16(21)12-17)9-18(13)27(25,26)23-7-3-2-4-8-23/h5-6,9-12H,2-4,7-8H2,1H3,(H,22,24). The van der Waals surface area contributed by atoms with Gasteiger partial charge in [0.05, 0.1) is 4.90 Å². The quantitative estimate of drug-likeness (QED) is 0.767. The highest BCUT2D eigenvalue weighted by molar-refractivity contribution is 7.89. The van der Waals surface area contributed by atoms with Gasteiger partial charge in [-0.25, -0.2) is 8.42 Å². The predicted octanol–water partition coefficient (Wildman–Crippen LogP) is 4.73. The van der Waals surface area contributed by atoms with E-state index in [1.54, 1.807) is 37.3 Å². The summed E-state index contributed by atoms with van der Waals surface area (Å²) >= 11 is 11.9. The smallest absolute Gasteiger partial charge is 0.255 e. The molecule has 2 aromatic rings. The summed E-state index contributed by atoms with van der Waals surface area (Å²) in [5.74, 6) is -0.427. The second-order valence-electron chi connectivity index (χ2n) is 6.56. The molecule has 0 aromatic heterocycles. The van der Waals surface area contributed by atoms with Crippen LogP contribution in [0.15, 0.2) is 41.3 Å². The van der Waals surface area contributed by atoms with Crippen LogP contribution in [0.5, 0.6) is 0 Å². The molecule has 2 aromatic carbocycles. The SMILES string of the molecule is Cc1ccc(C(=O)Nc2cc(Cl)cc(Cl)c2)cc1S(=O)(=O)N1CCCCC1. The molecule has 8 heteroatoms. The fourth-order valence-corrected chi connectivity index (χ4v) is 5.39. The van der Waals surface area contributed by atoms with Gasteiger partial charge in [-0.15, -0.1) is 0 Å². The number of aryl methyl sites for hydroxylation is 1. The molecule has 0 radical (unpaired) electrons. The van der Waals surface area contributed by atoms with Crippen molar-refractivity contribution >= 4 is 44.8 Å². The van der Waals surface area contributed by atoms with E-state index < -0.39 is 15.9 Å².